The van der Waals surface area contributed by atoms with Gasteiger partial charge in [-0.05, 0) is 24.6 Å². The molecule has 2 aromatic rings. The van der Waals surface area contributed by atoms with Crippen LogP contribution in [-0.2, 0) is 5.88 Å². The number of hydrogen-bond donors (Lipinski definition) is 0. The van der Waals surface area contributed by atoms with Crippen LogP contribution in [0.2, 0.25) is 0 Å². The van der Waals surface area contributed by atoms with E-state index in [-0.39, 0.29) is 6.04 Å². The molecule has 0 saturated carbocycles. The van der Waals surface area contributed by atoms with Gasteiger partial charge in [-0.15, -0.1) is 11.6 Å². The number of rotatable bonds is 3. The first-order valence-electron chi connectivity index (χ1n) is 5.04. The van der Waals surface area contributed by atoms with Gasteiger partial charge >= 0.3 is 0 Å². The third kappa shape index (κ3) is 2.30. The summed E-state index contributed by atoms with van der Waals surface area (Å²) in [5.74, 6) is 0.484. The summed E-state index contributed by atoms with van der Waals surface area (Å²) in [6.45, 7) is 2.14. The topological polar surface area (TPSA) is 17.8 Å². The first-order chi connectivity index (χ1) is 7.72. The van der Waals surface area contributed by atoms with Gasteiger partial charge in [-0.1, -0.05) is 28.1 Å². The Morgan fingerprint density at radius 3 is 3.00 bits per heavy atom. The van der Waals surface area contributed by atoms with E-state index >= 15 is 0 Å². The van der Waals surface area contributed by atoms with Crippen molar-refractivity contribution in [3.05, 3.63) is 52.5 Å². The van der Waals surface area contributed by atoms with Gasteiger partial charge in [0, 0.05) is 10.7 Å². The average Bonchev–Trinajstić information content (AvgIpc) is 2.76. The van der Waals surface area contributed by atoms with E-state index in [1.165, 1.54) is 5.56 Å². The number of benzene rings is 1. The molecule has 0 fully saturated rings. The number of halogens is 2. The predicted octanol–water partition coefficient (Wildman–Crippen LogP) is 3.99. The molecule has 0 aliphatic heterocycles. The van der Waals surface area contributed by atoms with Crippen molar-refractivity contribution in [1.29, 1.82) is 0 Å². The highest BCUT2D eigenvalue weighted by molar-refractivity contribution is 9.10. The Labute approximate surface area is 108 Å². The molecule has 1 aromatic heterocycles. The van der Waals surface area contributed by atoms with Crippen molar-refractivity contribution in [3.63, 3.8) is 0 Å². The molecule has 2 rings (SSSR count). The molecule has 0 radical (unpaired) electrons. The van der Waals surface area contributed by atoms with E-state index in [1.54, 1.807) is 0 Å². The molecule has 0 bridgehead atoms. The third-order valence-electron chi connectivity index (χ3n) is 2.63. The zero-order valence-corrected chi connectivity index (χ0v) is 11.2. The van der Waals surface area contributed by atoms with Crippen LogP contribution < -0.4 is 0 Å². The monoisotopic (exact) mass is 298 g/mol. The number of aromatic nitrogens is 2. The van der Waals surface area contributed by atoms with Gasteiger partial charge in [-0.25, -0.2) is 4.98 Å². The van der Waals surface area contributed by atoms with E-state index in [2.05, 4.69) is 44.5 Å². The molecule has 0 aliphatic rings. The van der Waals surface area contributed by atoms with Gasteiger partial charge in [0.2, 0.25) is 0 Å². The fourth-order valence-electron chi connectivity index (χ4n) is 1.71. The van der Waals surface area contributed by atoms with Crippen molar-refractivity contribution in [2.45, 2.75) is 18.8 Å². The van der Waals surface area contributed by atoms with Crippen molar-refractivity contribution in [3.8, 4) is 0 Å². The van der Waals surface area contributed by atoms with Gasteiger partial charge in [0.1, 0.15) is 0 Å². The maximum Gasteiger partial charge on any atom is 0.0954 e. The molecular weight excluding hydrogens is 288 g/mol. The third-order valence-corrected chi connectivity index (χ3v) is 3.40. The van der Waals surface area contributed by atoms with Crippen molar-refractivity contribution in [2.24, 2.45) is 0 Å². The van der Waals surface area contributed by atoms with E-state index in [0.717, 1.165) is 10.2 Å². The largest absolute Gasteiger partial charge is 0.326 e. The lowest BCUT2D eigenvalue weighted by Crippen LogP contribution is -2.08. The quantitative estimate of drug-likeness (QED) is 0.784. The lowest BCUT2D eigenvalue weighted by molar-refractivity contribution is 0.619. The average molecular weight is 300 g/mol. The van der Waals surface area contributed by atoms with E-state index in [4.69, 9.17) is 11.6 Å². The Balaban J connectivity index is 2.35. The number of imidazole rings is 1. The molecule has 1 unspecified atom stereocenters. The van der Waals surface area contributed by atoms with Crippen LogP contribution in [0.3, 0.4) is 0 Å². The number of nitrogens with zero attached hydrogens (tertiary/aromatic N) is 2. The molecule has 0 spiro atoms. The Kier molecular flexibility index (Phi) is 3.66. The summed E-state index contributed by atoms with van der Waals surface area (Å²) >= 11 is 9.34. The first kappa shape index (κ1) is 11.7. The minimum atomic E-state index is 0.244. The molecule has 1 atom stereocenters. The zero-order chi connectivity index (χ0) is 11.5. The fraction of sp³-hybridized carbons (Fsp3) is 0.250. The molecule has 0 saturated heterocycles. The van der Waals surface area contributed by atoms with E-state index < -0.39 is 0 Å². The SMILES string of the molecule is CC(c1cccc(Br)c1)n1cncc1CCl. The van der Waals surface area contributed by atoms with Gasteiger partial charge in [0.25, 0.3) is 0 Å². The van der Waals surface area contributed by atoms with Crippen LogP contribution in [0.1, 0.15) is 24.2 Å². The van der Waals surface area contributed by atoms with Crippen LogP contribution in [-0.4, -0.2) is 9.55 Å². The molecule has 16 heavy (non-hydrogen) atoms. The van der Waals surface area contributed by atoms with Crippen molar-refractivity contribution >= 4 is 27.5 Å². The molecule has 0 N–H and O–H groups in total. The highest BCUT2D eigenvalue weighted by Gasteiger charge is 2.10. The van der Waals surface area contributed by atoms with Gasteiger partial charge in [-0.2, -0.15) is 0 Å². The van der Waals surface area contributed by atoms with Crippen LogP contribution in [0.15, 0.2) is 41.3 Å². The lowest BCUT2D eigenvalue weighted by atomic mass is 10.1. The van der Waals surface area contributed by atoms with Gasteiger partial charge in [0.15, 0.2) is 0 Å². The highest BCUT2D eigenvalue weighted by Crippen LogP contribution is 2.23. The standard InChI is InChI=1S/C12H12BrClN2/c1-9(10-3-2-4-11(13)5-10)16-8-15-7-12(16)6-14/h2-5,7-9H,6H2,1H3. The Hall–Kier alpha value is -0.800. The Bertz CT molecular complexity index is 481. The van der Waals surface area contributed by atoms with Crippen LogP contribution in [0.25, 0.3) is 0 Å². The molecule has 4 heteroatoms. The maximum absolute atomic E-state index is 5.87. The van der Waals surface area contributed by atoms with Gasteiger partial charge < -0.3 is 4.57 Å². The van der Waals surface area contributed by atoms with Crippen LogP contribution in [0, 0.1) is 0 Å². The van der Waals surface area contributed by atoms with Crippen molar-refractivity contribution in [2.75, 3.05) is 0 Å². The second-order valence-corrected chi connectivity index (χ2v) is 4.84. The maximum atomic E-state index is 5.87. The smallest absolute Gasteiger partial charge is 0.0954 e. The Morgan fingerprint density at radius 1 is 1.50 bits per heavy atom. The zero-order valence-electron chi connectivity index (χ0n) is 8.90. The van der Waals surface area contributed by atoms with Crippen LogP contribution in [0.4, 0.5) is 0 Å². The summed E-state index contributed by atoms with van der Waals surface area (Å²) in [6, 6.07) is 8.52. The molecule has 1 heterocycles. The molecule has 84 valence electrons. The minimum Gasteiger partial charge on any atom is -0.326 e. The number of alkyl halides is 1. The molecule has 0 aliphatic carbocycles. The predicted molar refractivity (Wildman–Crippen MR) is 69.7 cm³/mol. The molecule has 0 amide bonds. The van der Waals surface area contributed by atoms with E-state index in [9.17, 15) is 0 Å². The fourth-order valence-corrected chi connectivity index (χ4v) is 2.34. The summed E-state index contributed by atoms with van der Waals surface area (Å²) < 4.78 is 3.18. The molecule has 1 aromatic carbocycles. The molecule has 2 nitrogen and oxygen atoms in total. The van der Waals surface area contributed by atoms with Crippen molar-refractivity contribution < 1.29 is 0 Å². The first-order valence-corrected chi connectivity index (χ1v) is 6.37. The van der Waals surface area contributed by atoms with Crippen LogP contribution >= 0.6 is 27.5 Å². The minimum absolute atomic E-state index is 0.244. The molecular formula is C12H12BrClN2. The summed E-state index contributed by atoms with van der Waals surface area (Å²) in [5, 5.41) is 0. The Morgan fingerprint density at radius 2 is 2.31 bits per heavy atom. The summed E-state index contributed by atoms with van der Waals surface area (Å²) in [4.78, 5) is 4.13. The van der Waals surface area contributed by atoms with Crippen molar-refractivity contribution in [1.82, 2.24) is 9.55 Å². The van der Waals surface area contributed by atoms with E-state index in [0.29, 0.717) is 5.88 Å². The normalized spacial score (nSPS) is 12.7. The van der Waals surface area contributed by atoms with E-state index in [1.807, 2.05) is 24.7 Å². The van der Waals surface area contributed by atoms with Gasteiger partial charge in [-0.3, -0.25) is 0 Å². The summed E-state index contributed by atoms with van der Waals surface area (Å²) in [5.41, 5.74) is 2.27. The highest BCUT2D eigenvalue weighted by atomic mass is 79.9. The second-order valence-electron chi connectivity index (χ2n) is 3.66. The lowest BCUT2D eigenvalue weighted by Gasteiger charge is -2.16. The summed E-state index contributed by atoms with van der Waals surface area (Å²) in [7, 11) is 0. The second kappa shape index (κ2) is 5.02. The van der Waals surface area contributed by atoms with Crippen LogP contribution in [0.5, 0.6) is 0 Å². The number of hydrogen-bond acceptors (Lipinski definition) is 1. The van der Waals surface area contributed by atoms with Gasteiger partial charge in [0.05, 0.1) is 23.9 Å². The summed E-state index contributed by atoms with van der Waals surface area (Å²) in [6.07, 6.45) is 3.63.